The van der Waals surface area contributed by atoms with Gasteiger partial charge in [-0.15, -0.1) is 0 Å². The maximum atomic E-state index is 7.45. The minimum Gasteiger partial charge on any atom is -0.370 e. The molecule has 1 aromatic rings. The van der Waals surface area contributed by atoms with Crippen molar-refractivity contribution in [2.75, 3.05) is 5.32 Å². The molecule has 16 heavy (non-hydrogen) atoms. The molecule has 0 unspecified atom stereocenters. The van der Waals surface area contributed by atoms with Gasteiger partial charge in [-0.3, -0.25) is 16.1 Å². The van der Waals surface area contributed by atoms with Gasteiger partial charge < -0.3 is 11.1 Å². The smallest absolute Gasteiger partial charge is 0.199 e. The number of rotatable bonds is 1. The number of nitrogens with one attached hydrogen (secondary N) is 4. The second-order valence-electron chi connectivity index (χ2n) is 3.12. The first-order valence-electron chi connectivity index (χ1n) is 4.32. The summed E-state index contributed by atoms with van der Waals surface area (Å²) >= 11 is 11.9. The van der Waals surface area contributed by atoms with E-state index in [0.29, 0.717) is 15.7 Å². The Bertz CT molecular complexity index is 444. The van der Waals surface area contributed by atoms with Crippen molar-refractivity contribution in [2.45, 2.75) is 6.92 Å². The molecule has 6 N–H and O–H groups in total. The van der Waals surface area contributed by atoms with Crippen LogP contribution in [-0.4, -0.2) is 11.9 Å². The van der Waals surface area contributed by atoms with E-state index in [0.717, 1.165) is 5.56 Å². The Kier molecular flexibility index (Phi) is 3.98. The van der Waals surface area contributed by atoms with Crippen LogP contribution < -0.4 is 16.4 Å². The third kappa shape index (κ3) is 3.29. The molecule has 0 aliphatic carbocycles. The fourth-order valence-electron chi connectivity index (χ4n) is 1.12. The fourth-order valence-corrected chi connectivity index (χ4v) is 1.55. The lowest BCUT2D eigenvalue weighted by Gasteiger charge is -2.12. The minimum atomic E-state index is -0.327. The molecule has 1 rings (SSSR count). The summed E-state index contributed by atoms with van der Waals surface area (Å²) in [5, 5.41) is 20.3. The van der Waals surface area contributed by atoms with Crippen LogP contribution >= 0.6 is 23.2 Å². The highest BCUT2D eigenvalue weighted by Crippen LogP contribution is 2.29. The van der Waals surface area contributed by atoms with Gasteiger partial charge in [-0.2, -0.15) is 0 Å². The minimum absolute atomic E-state index is 0.143. The molecule has 0 saturated carbocycles. The van der Waals surface area contributed by atoms with Crippen LogP contribution in [0.5, 0.6) is 0 Å². The third-order valence-electron chi connectivity index (χ3n) is 1.74. The number of aryl methyl sites for hydroxylation is 1. The third-order valence-corrected chi connectivity index (χ3v) is 2.46. The summed E-state index contributed by atoms with van der Waals surface area (Å²) in [5.41, 5.74) is 6.37. The Morgan fingerprint density at radius 2 is 1.94 bits per heavy atom. The summed E-state index contributed by atoms with van der Waals surface area (Å²) in [5.74, 6) is -0.469. The summed E-state index contributed by atoms with van der Waals surface area (Å²) < 4.78 is 0. The van der Waals surface area contributed by atoms with E-state index in [2.05, 4.69) is 10.6 Å². The normalized spacial score (nSPS) is 9.69. The summed E-state index contributed by atoms with van der Waals surface area (Å²) in [4.78, 5) is 0. The first-order valence-corrected chi connectivity index (χ1v) is 5.08. The van der Waals surface area contributed by atoms with E-state index in [-0.39, 0.29) is 11.9 Å². The Labute approximate surface area is 103 Å². The number of halogens is 2. The first-order chi connectivity index (χ1) is 7.40. The van der Waals surface area contributed by atoms with Gasteiger partial charge in [0.2, 0.25) is 0 Å². The number of guanidine groups is 2. The molecule has 0 saturated heterocycles. The molecule has 0 radical (unpaired) electrons. The highest BCUT2D eigenvalue weighted by Gasteiger charge is 2.07. The summed E-state index contributed by atoms with van der Waals surface area (Å²) in [6, 6.07) is 3.31. The molecule has 86 valence electrons. The molecule has 0 aliphatic heterocycles. The van der Waals surface area contributed by atoms with Crippen molar-refractivity contribution in [3.8, 4) is 0 Å². The van der Waals surface area contributed by atoms with Gasteiger partial charge in [0.1, 0.15) is 0 Å². The quantitative estimate of drug-likeness (QED) is 0.395. The van der Waals surface area contributed by atoms with Crippen LogP contribution in [0.2, 0.25) is 10.0 Å². The number of benzene rings is 1. The van der Waals surface area contributed by atoms with Gasteiger partial charge in [-0.05, 0) is 24.6 Å². The summed E-state index contributed by atoms with van der Waals surface area (Å²) in [6.45, 7) is 1.81. The molecule has 0 aromatic heterocycles. The van der Waals surface area contributed by atoms with E-state index >= 15 is 0 Å². The van der Waals surface area contributed by atoms with Crippen molar-refractivity contribution < 1.29 is 0 Å². The maximum Gasteiger partial charge on any atom is 0.199 e. The molecule has 0 heterocycles. The zero-order valence-corrected chi connectivity index (χ0v) is 10.00. The molecular formula is C9H11Cl2N5. The van der Waals surface area contributed by atoms with Gasteiger partial charge >= 0.3 is 0 Å². The largest absolute Gasteiger partial charge is 0.370 e. The average molecular weight is 260 g/mol. The molecule has 1 aromatic carbocycles. The van der Waals surface area contributed by atoms with E-state index in [1.165, 1.54) is 0 Å². The lowest BCUT2D eigenvalue weighted by atomic mass is 10.2. The second kappa shape index (κ2) is 5.05. The van der Waals surface area contributed by atoms with E-state index < -0.39 is 0 Å². The molecule has 0 amide bonds. The lowest BCUT2D eigenvalue weighted by molar-refractivity contribution is 1.20. The van der Waals surface area contributed by atoms with Crippen molar-refractivity contribution in [3.05, 3.63) is 27.7 Å². The van der Waals surface area contributed by atoms with E-state index in [1.807, 2.05) is 0 Å². The monoisotopic (exact) mass is 259 g/mol. The van der Waals surface area contributed by atoms with Crippen molar-refractivity contribution in [1.82, 2.24) is 5.32 Å². The molecule has 0 spiro atoms. The van der Waals surface area contributed by atoms with E-state index in [4.69, 9.17) is 39.8 Å². The van der Waals surface area contributed by atoms with Crippen LogP contribution in [0.15, 0.2) is 12.1 Å². The standard InChI is InChI=1S/C9H11Cl2N5/c1-4-2-5(10)3-6(7(4)11)15-9(14)16-8(12)13/h2-3H,1H3,(H6,12,13,14,15,16). The van der Waals surface area contributed by atoms with Crippen LogP contribution in [0.3, 0.4) is 0 Å². The fraction of sp³-hybridized carbons (Fsp3) is 0.111. The van der Waals surface area contributed by atoms with Gasteiger partial charge in [0.05, 0.1) is 10.7 Å². The van der Waals surface area contributed by atoms with Crippen LogP contribution in [-0.2, 0) is 0 Å². The van der Waals surface area contributed by atoms with Crippen molar-refractivity contribution in [3.63, 3.8) is 0 Å². The van der Waals surface area contributed by atoms with Crippen LogP contribution in [0.4, 0.5) is 5.69 Å². The maximum absolute atomic E-state index is 7.45. The Hall–Kier alpha value is -1.46. The van der Waals surface area contributed by atoms with Gasteiger partial charge in [0.25, 0.3) is 0 Å². The molecule has 0 fully saturated rings. The molecular weight excluding hydrogens is 249 g/mol. The topological polar surface area (TPSA) is 97.8 Å². The predicted octanol–water partition coefficient (Wildman–Crippen LogP) is 2.13. The number of nitrogens with two attached hydrogens (primary N) is 1. The second-order valence-corrected chi connectivity index (χ2v) is 3.94. The average Bonchev–Trinajstić information content (AvgIpc) is 2.11. The van der Waals surface area contributed by atoms with Gasteiger partial charge in [0, 0.05) is 5.02 Å². The Balaban J connectivity index is 2.89. The molecule has 7 heteroatoms. The number of anilines is 1. The highest BCUT2D eigenvalue weighted by molar-refractivity contribution is 6.36. The zero-order valence-electron chi connectivity index (χ0n) is 8.49. The number of hydrogen-bond acceptors (Lipinski definition) is 2. The van der Waals surface area contributed by atoms with Crippen molar-refractivity contribution in [2.24, 2.45) is 5.73 Å². The van der Waals surface area contributed by atoms with Gasteiger partial charge in [0.15, 0.2) is 11.9 Å². The van der Waals surface area contributed by atoms with E-state index in [1.54, 1.807) is 19.1 Å². The summed E-state index contributed by atoms with van der Waals surface area (Å²) in [7, 11) is 0. The van der Waals surface area contributed by atoms with Crippen LogP contribution in [0.1, 0.15) is 5.56 Å². The zero-order chi connectivity index (χ0) is 12.3. The van der Waals surface area contributed by atoms with E-state index in [9.17, 15) is 0 Å². The SMILES string of the molecule is Cc1cc(Cl)cc(NC(=N)NC(=N)N)c1Cl. The highest BCUT2D eigenvalue weighted by atomic mass is 35.5. The van der Waals surface area contributed by atoms with Crippen LogP contribution in [0.25, 0.3) is 0 Å². The molecule has 0 bridgehead atoms. The molecule has 5 nitrogen and oxygen atoms in total. The van der Waals surface area contributed by atoms with Crippen molar-refractivity contribution >= 4 is 40.8 Å². The van der Waals surface area contributed by atoms with Crippen LogP contribution in [0, 0.1) is 17.7 Å². The van der Waals surface area contributed by atoms with Gasteiger partial charge in [-0.25, -0.2) is 0 Å². The molecule has 0 atom stereocenters. The molecule has 0 aliphatic rings. The van der Waals surface area contributed by atoms with Gasteiger partial charge in [-0.1, -0.05) is 23.2 Å². The van der Waals surface area contributed by atoms with Crippen molar-refractivity contribution in [1.29, 1.82) is 10.8 Å². The first kappa shape index (κ1) is 12.6. The Morgan fingerprint density at radius 1 is 1.31 bits per heavy atom. The number of hydrogen-bond donors (Lipinski definition) is 5. The summed E-state index contributed by atoms with van der Waals surface area (Å²) in [6.07, 6.45) is 0. The lowest BCUT2D eigenvalue weighted by Crippen LogP contribution is -2.39. The Morgan fingerprint density at radius 3 is 2.50 bits per heavy atom. The predicted molar refractivity (Wildman–Crippen MR) is 67.6 cm³/mol.